The lowest BCUT2D eigenvalue weighted by Gasteiger charge is -2.35. The zero-order chi connectivity index (χ0) is 14.7. The van der Waals surface area contributed by atoms with E-state index in [1.165, 1.54) is 0 Å². The second-order valence-corrected chi connectivity index (χ2v) is 5.75. The molecule has 20 heavy (non-hydrogen) atoms. The number of nitrogens with zero attached hydrogens (tertiary/aromatic N) is 3. The molecule has 2 heterocycles. The number of hydrogen-bond acceptors (Lipinski definition) is 3. The molecule has 1 aromatic heterocycles. The molecule has 0 radical (unpaired) electrons. The van der Waals surface area contributed by atoms with E-state index in [-0.39, 0.29) is 6.04 Å². The molecule has 1 fully saturated rings. The number of hydrogen-bond donors (Lipinski definition) is 1. The van der Waals surface area contributed by atoms with Gasteiger partial charge in [-0.05, 0) is 44.7 Å². The number of carboxylic acids is 1. The molecule has 1 aromatic rings. The van der Waals surface area contributed by atoms with Crippen LogP contribution in [0.15, 0.2) is 6.07 Å². The van der Waals surface area contributed by atoms with Gasteiger partial charge in [0.15, 0.2) is 0 Å². The van der Waals surface area contributed by atoms with Gasteiger partial charge >= 0.3 is 5.97 Å². The van der Waals surface area contributed by atoms with E-state index in [4.69, 9.17) is 0 Å². The van der Waals surface area contributed by atoms with Crippen molar-refractivity contribution in [2.45, 2.75) is 59.2 Å². The molecule has 5 heteroatoms. The highest BCUT2D eigenvalue weighted by Gasteiger charge is 2.32. The van der Waals surface area contributed by atoms with Gasteiger partial charge in [-0.3, -0.25) is 14.4 Å². The first-order valence-electron chi connectivity index (χ1n) is 7.57. The number of aryl methyl sites for hydroxylation is 2. The predicted octanol–water partition coefficient (Wildman–Crippen LogP) is 2.15. The molecule has 0 aliphatic carbocycles. The van der Waals surface area contributed by atoms with E-state index >= 15 is 0 Å². The highest BCUT2D eigenvalue weighted by Crippen LogP contribution is 2.24. The highest BCUT2D eigenvalue weighted by atomic mass is 16.4. The van der Waals surface area contributed by atoms with Gasteiger partial charge in [0.2, 0.25) is 0 Å². The molecule has 5 nitrogen and oxygen atoms in total. The maximum atomic E-state index is 11.5. The molecule has 2 atom stereocenters. The van der Waals surface area contributed by atoms with Crippen molar-refractivity contribution in [1.82, 2.24) is 14.7 Å². The molecular formula is C15H25N3O2. The van der Waals surface area contributed by atoms with Crippen LogP contribution in [0.25, 0.3) is 0 Å². The predicted molar refractivity (Wildman–Crippen MR) is 77.5 cm³/mol. The van der Waals surface area contributed by atoms with Crippen LogP contribution in [-0.2, 0) is 24.3 Å². The lowest BCUT2D eigenvalue weighted by Crippen LogP contribution is -2.46. The number of rotatable bonds is 5. The summed E-state index contributed by atoms with van der Waals surface area (Å²) in [5.41, 5.74) is 2.21. The number of aliphatic carboxylic acids is 1. The summed E-state index contributed by atoms with van der Waals surface area (Å²) in [4.78, 5) is 13.5. The SMILES string of the molecule is CCc1cc(CN2CCC(C)CC2C(=O)O)n(CC)n1. The van der Waals surface area contributed by atoms with Gasteiger partial charge in [0.1, 0.15) is 6.04 Å². The first kappa shape index (κ1) is 15.0. The van der Waals surface area contributed by atoms with E-state index in [9.17, 15) is 9.90 Å². The third-order valence-corrected chi connectivity index (χ3v) is 4.20. The van der Waals surface area contributed by atoms with Crippen molar-refractivity contribution in [2.24, 2.45) is 5.92 Å². The number of likely N-dealkylation sites (tertiary alicyclic amines) is 1. The van der Waals surface area contributed by atoms with Crippen LogP contribution in [0.4, 0.5) is 0 Å². The second-order valence-electron chi connectivity index (χ2n) is 5.75. The highest BCUT2D eigenvalue weighted by molar-refractivity contribution is 5.73. The molecule has 0 aromatic carbocycles. The summed E-state index contributed by atoms with van der Waals surface area (Å²) in [5, 5.41) is 14.0. The molecule has 0 spiro atoms. The largest absolute Gasteiger partial charge is 0.480 e. The van der Waals surface area contributed by atoms with Crippen molar-refractivity contribution in [2.75, 3.05) is 6.54 Å². The van der Waals surface area contributed by atoms with Crippen LogP contribution in [0.2, 0.25) is 0 Å². The molecule has 1 N–H and O–H groups in total. The van der Waals surface area contributed by atoms with E-state index < -0.39 is 5.97 Å². The molecule has 0 saturated carbocycles. The van der Waals surface area contributed by atoms with Crippen LogP contribution in [0, 0.1) is 5.92 Å². The molecular weight excluding hydrogens is 254 g/mol. The Kier molecular flexibility index (Phi) is 4.81. The smallest absolute Gasteiger partial charge is 0.320 e. The quantitative estimate of drug-likeness (QED) is 0.897. The Hall–Kier alpha value is -1.36. The molecule has 1 saturated heterocycles. The number of carbonyl (C=O) groups is 1. The van der Waals surface area contributed by atoms with Crippen LogP contribution in [0.1, 0.15) is 45.0 Å². The minimum absolute atomic E-state index is 0.357. The van der Waals surface area contributed by atoms with Crippen molar-refractivity contribution >= 4 is 5.97 Å². The molecule has 2 rings (SSSR count). The van der Waals surface area contributed by atoms with Gasteiger partial charge in [0.05, 0.1) is 11.4 Å². The van der Waals surface area contributed by atoms with Crippen LogP contribution in [0.3, 0.4) is 0 Å². The summed E-state index contributed by atoms with van der Waals surface area (Å²) in [7, 11) is 0. The molecule has 2 unspecified atom stereocenters. The summed E-state index contributed by atoms with van der Waals surface area (Å²) >= 11 is 0. The van der Waals surface area contributed by atoms with Gasteiger partial charge in [-0.2, -0.15) is 5.10 Å². The van der Waals surface area contributed by atoms with Gasteiger partial charge in [-0.25, -0.2) is 0 Å². The Bertz CT molecular complexity index is 470. The summed E-state index contributed by atoms with van der Waals surface area (Å²) in [6.45, 7) is 8.67. The fourth-order valence-corrected chi connectivity index (χ4v) is 2.93. The summed E-state index contributed by atoms with van der Waals surface area (Å²) in [5.74, 6) is -0.204. The van der Waals surface area contributed by atoms with Crippen molar-refractivity contribution in [3.05, 3.63) is 17.5 Å². The van der Waals surface area contributed by atoms with Crippen LogP contribution < -0.4 is 0 Å². The standard InChI is InChI=1S/C15H25N3O2/c1-4-12-9-13(18(5-2)16-12)10-17-7-6-11(3)8-14(17)15(19)20/h9,11,14H,4-8,10H2,1-3H3,(H,19,20). The van der Waals surface area contributed by atoms with E-state index in [2.05, 4.69) is 36.8 Å². The first-order valence-corrected chi connectivity index (χ1v) is 7.57. The van der Waals surface area contributed by atoms with Gasteiger partial charge in [0, 0.05) is 13.1 Å². The van der Waals surface area contributed by atoms with Crippen molar-refractivity contribution in [1.29, 1.82) is 0 Å². The Labute approximate surface area is 120 Å². The lowest BCUT2D eigenvalue weighted by molar-refractivity contribution is -0.145. The van der Waals surface area contributed by atoms with E-state index in [0.29, 0.717) is 12.5 Å². The van der Waals surface area contributed by atoms with Gasteiger partial charge < -0.3 is 5.11 Å². The Balaban J connectivity index is 2.15. The zero-order valence-electron chi connectivity index (χ0n) is 12.7. The Morgan fingerprint density at radius 2 is 2.25 bits per heavy atom. The first-order chi connectivity index (χ1) is 9.55. The third-order valence-electron chi connectivity index (χ3n) is 4.20. The third kappa shape index (κ3) is 3.20. The topological polar surface area (TPSA) is 58.4 Å². The number of carboxylic acid groups (broad SMARTS) is 1. The maximum absolute atomic E-state index is 11.5. The lowest BCUT2D eigenvalue weighted by atomic mass is 9.92. The minimum Gasteiger partial charge on any atom is -0.480 e. The second kappa shape index (κ2) is 6.39. The monoisotopic (exact) mass is 279 g/mol. The molecule has 0 bridgehead atoms. The fraction of sp³-hybridized carbons (Fsp3) is 0.733. The zero-order valence-corrected chi connectivity index (χ0v) is 12.7. The van der Waals surface area contributed by atoms with Crippen LogP contribution >= 0.6 is 0 Å². The van der Waals surface area contributed by atoms with Crippen molar-refractivity contribution in [3.8, 4) is 0 Å². The molecule has 0 amide bonds. The fourth-order valence-electron chi connectivity index (χ4n) is 2.93. The minimum atomic E-state index is -0.699. The number of piperidine rings is 1. The molecule has 112 valence electrons. The van der Waals surface area contributed by atoms with Crippen LogP contribution in [0.5, 0.6) is 0 Å². The van der Waals surface area contributed by atoms with Crippen LogP contribution in [-0.4, -0.2) is 38.3 Å². The average molecular weight is 279 g/mol. The average Bonchev–Trinajstić information content (AvgIpc) is 2.82. The summed E-state index contributed by atoms with van der Waals surface area (Å²) < 4.78 is 2.00. The summed E-state index contributed by atoms with van der Waals surface area (Å²) in [6.07, 6.45) is 2.74. The van der Waals surface area contributed by atoms with Gasteiger partial charge in [-0.15, -0.1) is 0 Å². The van der Waals surface area contributed by atoms with Crippen molar-refractivity contribution < 1.29 is 9.90 Å². The van der Waals surface area contributed by atoms with Gasteiger partial charge in [-0.1, -0.05) is 13.8 Å². The number of aromatic nitrogens is 2. The van der Waals surface area contributed by atoms with E-state index in [1.807, 2.05) is 4.68 Å². The summed E-state index contributed by atoms with van der Waals surface area (Å²) in [6, 6.07) is 1.75. The van der Waals surface area contributed by atoms with E-state index in [0.717, 1.165) is 43.7 Å². The molecule has 1 aliphatic rings. The van der Waals surface area contributed by atoms with E-state index in [1.54, 1.807) is 0 Å². The van der Waals surface area contributed by atoms with Crippen molar-refractivity contribution in [3.63, 3.8) is 0 Å². The molecule has 1 aliphatic heterocycles. The maximum Gasteiger partial charge on any atom is 0.320 e. The van der Waals surface area contributed by atoms with Gasteiger partial charge in [0.25, 0.3) is 0 Å². The Morgan fingerprint density at radius 3 is 2.85 bits per heavy atom. The normalized spacial score (nSPS) is 23.9. The Morgan fingerprint density at radius 1 is 1.50 bits per heavy atom.